The molecule has 3 rings (SSSR count). The van der Waals surface area contributed by atoms with Gasteiger partial charge < -0.3 is 9.72 Å². The van der Waals surface area contributed by atoms with E-state index in [1.165, 1.54) is 0 Å². The number of aromatic amines is 1. The lowest BCUT2D eigenvalue weighted by atomic mass is 10.0. The van der Waals surface area contributed by atoms with Crippen LogP contribution in [0, 0.1) is 0 Å². The summed E-state index contributed by atoms with van der Waals surface area (Å²) in [4.78, 5) is 19.6. The van der Waals surface area contributed by atoms with E-state index in [0.717, 1.165) is 31.2 Å². The van der Waals surface area contributed by atoms with Crippen molar-refractivity contribution in [2.24, 2.45) is 0 Å². The minimum atomic E-state index is -0.418. The number of nitrogens with one attached hydrogen (secondary N) is 1. The summed E-state index contributed by atoms with van der Waals surface area (Å²) in [5.74, 6) is 0.674. The first-order valence-corrected chi connectivity index (χ1v) is 7.55. The monoisotopic (exact) mass is 284 g/mol. The number of rotatable bonds is 4. The van der Waals surface area contributed by atoms with Crippen molar-refractivity contribution in [2.75, 3.05) is 6.61 Å². The normalized spacial score (nSPS) is 17.0. The standard InChI is InChI=1S/C17H20N2O2/c1-2-21-17(10-6-7-11-17)16-18-14(12-15(20)19-16)13-8-4-3-5-9-13/h3-5,8-9,12H,2,6-7,10-11H2,1H3,(H,18,19,20). The Hall–Kier alpha value is -1.94. The Bertz CT molecular complexity index is 658. The Morgan fingerprint density at radius 2 is 1.95 bits per heavy atom. The van der Waals surface area contributed by atoms with Crippen molar-refractivity contribution in [3.63, 3.8) is 0 Å². The number of ether oxygens (including phenoxy) is 1. The highest BCUT2D eigenvalue weighted by molar-refractivity contribution is 5.58. The molecule has 0 saturated heterocycles. The fourth-order valence-electron chi connectivity index (χ4n) is 3.10. The molecule has 0 aliphatic heterocycles. The number of hydrogen-bond acceptors (Lipinski definition) is 3. The van der Waals surface area contributed by atoms with Gasteiger partial charge in [0.05, 0.1) is 5.69 Å². The van der Waals surface area contributed by atoms with Crippen LogP contribution in [0.15, 0.2) is 41.2 Å². The highest BCUT2D eigenvalue weighted by Crippen LogP contribution is 2.40. The molecule has 0 amide bonds. The van der Waals surface area contributed by atoms with Crippen molar-refractivity contribution in [3.05, 3.63) is 52.6 Å². The van der Waals surface area contributed by atoms with Crippen molar-refractivity contribution in [1.82, 2.24) is 9.97 Å². The minimum absolute atomic E-state index is 0.121. The molecule has 4 nitrogen and oxygen atoms in total. The number of hydrogen-bond donors (Lipinski definition) is 1. The second kappa shape index (κ2) is 5.82. The molecule has 0 atom stereocenters. The third-order valence-corrected chi connectivity index (χ3v) is 4.07. The summed E-state index contributed by atoms with van der Waals surface area (Å²) in [6.45, 7) is 2.61. The van der Waals surface area contributed by atoms with Crippen molar-refractivity contribution >= 4 is 0 Å². The van der Waals surface area contributed by atoms with Crippen LogP contribution in [0.1, 0.15) is 38.4 Å². The van der Waals surface area contributed by atoms with Gasteiger partial charge in [0.2, 0.25) is 0 Å². The lowest BCUT2D eigenvalue weighted by Crippen LogP contribution is -2.31. The van der Waals surface area contributed by atoms with Gasteiger partial charge in [-0.2, -0.15) is 0 Å². The molecule has 4 heteroatoms. The second-order valence-electron chi connectivity index (χ2n) is 5.48. The molecule has 1 aromatic carbocycles. The van der Waals surface area contributed by atoms with Crippen molar-refractivity contribution in [2.45, 2.75) is 38.2 Å². The van der Waals surface area contributed by atoms with Gasteiger partial charge in [0.1, 0.15) is 11.4 Å². The van der Waals surface area contributed by atoms with E-state index in [1.807, 2.05) is 37.3 Å². The molecule has 1 N–H and O–H groups in total. The lowest BCUT2D eigenvalue weighted by molar-refractivity contribution is -0.0457. The third kappa shape index (κ3) is 2.76. The Kier molecular flexibility index (Phi) is 3.88. The van der Waals surface area contributed by atoms with E-state index in [1.54, 1.807) is 6.07 Å². The van der Waals surface area contributed by atoms with Gasteiger partial charge in [0, 0.05) is 18.2 Å². The van der Waals surface area contributed by atoms with Crippen molar-refractivity contribution in [3.8, 4) is 11.3 Å². The molecule has 1 fully saturated rings. The van der Waals surface area contributed by atoms with Gasteiger partial charge in [-0.25, -0.2) is 4.98 Å². The van der Waals surface area contributed by atoms with Crippen LogP contribution in [0.2, 0.25) is 0 Å². The smallest absolute Gasteiger partial charge is 0.251 e. The molecule has 2 aromatic rings. The summed E-state index contributed by atoms with van der Waals surface area (Å²) >= 11 is 0. The van der Waals surface area contributed by atoms with E-state index in [0.29, 0.717) is 18.1 Å². The van der Waals surface area contributed by atoms with Gasteiger partial charge in [0.15, 0.2) is 0 Å². The van der Waals surface area contributed by atoms with Gasteiger partial charge in [-0.3, -0.25) is 4.79 Å². The molecule has 1 aromatic heterocycles. The molecule has 0 spiro atoms. The summed E-state index contributed by atoms with van der Waals surface area (Å²) in [5.41, 5.74) is 1.12. The van der Waals surface area contributed by atoms with Crippen LogP contribution in [0.25, 0.3) is 11.3 Å². The Morgan fingerprint density at radius 3 is 2.62 bits per heavy atom. The fraction of sp³-hybridized carbons (Fsp3) is 0.412. The van der Waals surface area contributed by atoms with Gasteiger partial charge in [-0.1, -0.05) is 30.3 Å². The van der Waals surface area contributed by atoms with E-state index in [9.17, 15) is 4.79 Å². The number of aromatic nitrogens is 2. The molecule has 0 unspecified atom stereocenters. The van der Waals surface area contributed by atoms with Crippen LogP contribution < -0.4 is 5.56 Å². The van der Waals surface area contributed by atoms with Gasteiger partial charge in [0.25, 0.3) is 5.56 Å². The van der Waals surface area contributed by atoms with Crippen LogP contribution >= 0.6 is 0 Å². The summed E-state index contributed by atoms with van der Waals surface area (Å²) in [7, 11) is 0. The maximum absolute atomic E-state index is 12.0. The molecular weight excluding hydrogens is 264 g/mol. The number of nitrogens with zero attached hydrogens (tertiary/aromatic N) is 1. The molecule has 1 aliphatic rings. The molecule has 1 heterocycles. The van der Waals surface area contributed by atoms with Crippen LogP contribution in [-0.2, 0) is 10.3 Å². The maximum Gasteiger partial charge on any atom is 0.251 e. The first-order chi connectivity index (χ1) is 10.2. The largest absolute Gasteiger partial charge is 0.367 e. The summed E-state index contributed by atoms with van der Waals surface area (Å²) in [6, 6.07) is 11.3. The maximum atomic E-state index is 12.0. The highest BCUT2D eigenvalue weighted by atomic mass is 16.5. The van der Waals surface area contributed by atoms with E-state index in [-0.39, 0.29) is 5.56 Å². The lowest BCUT2D eigenvalue weighted by Gasteiger charge is -2.27. The van der Waals surface area contributed by atoms with E-state index < -0.39 is 5.60 Å². The highest BCUT2D eigenvalue weighted by Gasteiger charge is 2.39. The van der Waals surface area contributed by atoms with Crippen LogP contribution in [0.4, 0.5) is 0 Å². The minimum Gasteiger partial charge on any atom is -0.367 e. The summed E-state index contributed by atoms with van der Waals surface area (Å²) in [6.07, 6.45) is 4.06. The summed E-state index contributed by atoms with van der Waals surface area (Å²) in [5, 5.41) is 0. The first kappa shape index (κ1) is 14.0. The predicted molar refractivity (Wildman–Crippen MR) is 82.1 cm³/mol. The van der Waals surface area contributed by atoms with E-state index >= 15 is 0 Å². The Morgan fingerprint density at radius 1 is 1.24 bits per heavy atom. The molecule has 0 bridgehead atoms. The van der Waals surface area contributed by atoms with Gasteiger partial charge >= 0.3 is 0 Å². The molecule has 0 radical (unpaired) electrons. The third-order valence-electron chi connectivity index (χ3n) is 4.07. The quantitative estimate of drug-likeness (QED) is 0.937. The zero-order chi connectivity index (χ0) is 14.7. The predicted octanol–water partition coefficient (Wildman–Crippen LogP) is 3.24. The van der Waals surface area contributed by atoms with E-state index in [4.69, 9.17) is 9.72 Å². The molecule has 110 valence electrons. The van der Waals surface area contributed by atoms with Crippen molar-refractivity contribution < 1.29 is 4.74 Å². The SMILES string of the molecule is CCOC1(c2nc(-c3ccccc3)cc(=O)[nH]2)CCCC1. The number of benzene rings is 1. The van der Waals surface area contributed by atoms with Gasteiger partial charge in [-0.05, 0) is 32.6 Å². The fourth-order valence-corrected chi connectivity index (χ4v) is 3.10. The molecule has 1 saturated carbocycles. The Balaban J connectivity index is 2.07. The average molecular weight is 284 g/mol. The topological polar surface area (TPSA) is 55.0 Å². The zero-order valence-corrected chi connectivity index (χ0v) is 12.3. The van der Waals surface area contributed by atoms with Crippen LogP contribution in [-0.4, -0.2) is 16.6 Å². The van der Waals surface area contributed by atoms with Gasteiger partial charge in [-0.15, -0.1) is 0 Å². The second-order valence-corrected chi connectivity index (χ2v) is 5.48. The molecule has 1 aliphatic carbocycles. The molecule has 21 heavy (non-hydrogen) atoms. The summed E-state index contributed by atoms with van der Waals surface area (Å²) < 4.78 is 5.99. The van der Waals surface area contributed by atoms with Crippen molar-refractivity contribution in [1.29, 1.82) is 0 Å². The Labute approximate surface area is 124 Å². The average Bonchev–Trinajstić information content (AvgIpc) is 2.98. The molecular formula is C17H20N2O2. The number of H-pyrrole nitrogens is 1. The zero-order valence-electron chi connectivity index (χ0n) is 12.3. The van der Waals surface area contributed by atoms with Crippen LogP contribution in [0.3, 0.4) is 0 Å². The van der Waals surface area contributed by atoms with Crippen LogP contribution in [0.5, 0.6) is 0 Å². The van der Waals surface area contributed by atoms with E-state index in [2.05, 4.69) is 4.98 Å². The first-order valence-electron chi connectivity index (χ1n) is 7.55.